The predicted octanol–water partition coefficient (Wildman–Crippen LogP) is 15.7. The van der Waals surface area contributed by atoms with Gasteiger partial charge in [0.1, 0.15) is 0 Å². The number of rotatable bonds is 5. The Labute approximate surface area is 384 Å². The molecule has 13 aromatic rings. The van der Waals surface area contributed by atoms with E-state index in [4.69, 9.17) is 15.0 Å². The molecule has 1 aliphatic carbocycles. The Kier molecular flexibility index (Phi) is 7.84. The first-order chi connectivity index (χ1) is 32.5. The molecule has 0 N–H and O–H groups in total. The van der Waals surface area contributed by atoms with Crippen LogP contribution in [0.2, 0.25) is 0 Å². The van der Waals surface area contributed by atoms with Crippen LogP contribution in [0.3, 0.4) is 0 Å². The average molecular weight is 862 g/mol. The highest BCUT2D eigenvalue weighted by Gasteiger charge is 2.39. The Morgan fingerprint density at radius 2 is 0.894 bits per heavy atom. The number of benzene rings is 9. The van der Waals surface area contributed by atoms with E-state index < -0.39 is 0 Å². The third kappa shape index (κ3) is 5.24. The van der Waals surface area contributed by atoms with Crippen LogP contribution in [0.4, 0.5) is 0 Å². The van der Waals surface area contributed by atoms with Gasteiger partial charge in [-0.2, -0.15) is 15.0 Å². The first kappa shape index (κ1) is 37.2. The molecule has 9 aromatic carbocycles. The fraction of sp³-hybridized carbons (Fsp3) is 0.0500. The lowest BCUT2D eigenvalue weighted by Crippen LogP contribution is -2.17. The topological polar surface area (TPSA) is 48.5 Å². The molecule has 0 amide bonds. The standard InChI is InChI=1S/C60H39N5S/c1-60(2)49-24-12-8-20-41(49)45-32-33-46-42-21-9-13-25-50(42)64(54(46)53(45)60)58-61-57(38-30-28-37(29-31-38)40-19-7-6-18-39(40)36-16-4-3-5-17-36)62-59(63-58)65-51-26-14-10-22-43(51)47-34-35-48-44-23-11-15-27-52(44)66-56(48)55(47)65/h3-35H,1-2H3. The molecule has 0 fully saturated rings. The Balaban J connectivity index is 1.07. The van der Waals surface area contributed by atoms with E-state index in [2.05, 4.69) is 223 Å². The molecule has 4 aromatic heterocycles. The van der Waals surface area contributed by atoms with Gasteiger partial charge in [-0.15, -0.1) is 11.3 Å². The van der Waals surface area contributed by atoms with E-state index in [1.165, 1.54) is 69.9 Å². The third-order valence-electron chi connectivity index (χ3n) is 14.0. The number of hydrogen-bond acceptors (Lipinski definition) is 4. The van der Waals surface area contributed by atoms with Crippen LogP contribution in [0.1, 0.15) is 25.0 Å². The number of fused-ring (bicyclic) bond motifs is 14. The van der Waals surface area contributed by atoms with Gasteiger partial charge in [-0.1, -0.05) is 196 Å². The van der Waals surface area contributed by atoms with Gasteiger partial charge in [0.05, 0.1) is 26.8 Å². The van der Waals surface area contributed by atoms with Crippen molar-refractivity contribution in [3.63, 3.8) is 0 Å². The largest absolute Gasteiger partial charge is 0.277 e. The molecule has 310 valence electrons. The maximum atomic E-state index is 5.65. The van der Waals surface area contributed by atoms with Gasteiger partial charge in [-0.25, -0.2) is 0 Å². The van der Waals surface area contributed by atoms with Gasteiger partial charge in [-0.05, 0) is 62.7 Å². The van der Waals surface area contributed by atoms with E-state index >= 15 is 0 Å². The minimum Gasteiger partial charge on any atom is -0.277 e. The van der Waals surface area contributed by atoms with Crippen molar-refractivity contribution in [2.75, 3.05) is 0 Å². The van der Waals surface area contributed by atoms with Gasteiger partial charge in [-0.3, -0.25) is 9.13 Å². The van der Waals surface area contributed by atoms with E-state index in [1.54, 1.807) is 0 Å². The summed E-state index contributed by atoms with van der Waals surface area (Å²) in [6.45, 7) is 4.71. The maximum absolute atomic E-state index is 5.65. The highest BCUT2D eigenvalue weighted by atomic mass is 32.1. The van der Waals surface area contributed by atoms with Gasteiger partial charge in [0.2, 0.25) is 11.9 Å². The summed E-state index contributed by atoms with van der Waals surface area (Å²) >= 11 is 1.83. The van der Waals surface area contributed by atoms with Gasteiger partial charge >= 0.3 is 0 Å². The molecule has 6 heteroatoms. The zero-order valence-electron chi connectivity index (χ0n) is 36.2. The highest BCUT2D eigenvalue weighted by Crippen LogP contribution is 2.53. The second-order valence-electron chi connectivity index (χ2n) is 17.9. The number of para-hydroxylation sites is 2. The van der Waals surface area contributed by atoms with Crippen molar-refractivity contribution in [1.29, 1.82) is 0 Å². The summed E-state index contributed by atoms with van der Waals surface area (Å²) in [6.07, 6.45) is 0. The van der Waals surface area contributed by atoms with Crippen LogP contribution in [-0.4, -0.2) is 24.1 Å². The van der Waals surface area contributed by atoms with E-state index in [1.807, 2.05) is 11.3 Å². The molecule has 66 heavy (non-hydrogen) atoms. The zero-order valence-corrected chi connectivity index (χ0v) is 37.0. The monoisotopic (exact) mass is 861 g/mol. The van der Waals surface area contributed by atoms with Gasteiger partial charge < -0.3 is 0 Å². The second kappa shape index (κ2) is 13.9. The molecule has 0 atom stereocenters. The molecule has 0 aliphatic heterocycles. The van der Waals surface area contributed by atoms with Crippen LogP contribution in [0.5, 0.6) is 0 Å². The number of hydrogen-bond donors (Lipinski definition) is 0. The molecule has 4 heterocycles. The number of aromatic nitrogens is 5. The van der Waals surface area contributed by atoms with Crippen LogP contribution >= 0.6 is 11.3 Å². The van der Waals surface area contributed by atoms with Gasteiger partial charge in [0, 0.05) is 48.0 Å². The van der Waals surface area contributed by atoms with Crippen molar-refractivity contribution < 1.29 is 0 Å². The Hall–Kier alpha value is -8.19. The molecule has 0 saturated heterocycles. The van der Waals surface area contributed by atoms with E-state index in [9.17, 15) is 0 Å². The normalized spacial score (nSPS) is 13.1. The number of nitrogens with zero attached hydrogens (tertiary/aromatic N) is 5. The second-order valence-corrected chi connectivity index (χ2v) is 19.0. The van der Waals surface area contributed by atoms with Crippen LogP contribution in [0.15, 0.2) is 200 Å². The summed E-state index contributed by atoms with van der Waals surface area (Å²) in [7, 11) is 0. The SMILES string of the molecule is CC1(C)c2ccccc2-c2ccc3c4ccccc4n(-c4nc(-c5ccc(-c6ccccc6-c6ccccc6)cc5)nc(-n5c6ccccc6c6ccc7c8ccccc8sc7c65)n4)c3c21. The maximum Gasteiger partial charge on any atom is 0.240 e. The van der Waals surface area contributed by atoms with Crippen molar-refractivity contribution in [1.82, 2.24) is 24.1 Å². The van der Waals surface area contributed by atoms with Crippen molar-refractivity contribution in [2.45, 2.75) is 19.3 Å². The lowest BCUT2D eigenvalue weighted by atomic mass is 9.81. The fourth-order valence-electron chi connectivity index (χ4n) is 11.0. The van der Waals surface area contributed by atoms with Gasteiger partial charge in [0.25, 0.3) is 0 Å². The molecule has 0 radical (unpaired) electrons. The third-order valence-corrected chi connectivity index (χ3v) is 15.2. The van der Waals surface area contributed by atoms with E-state index in [-0.39, 0.29) is 5.41 Å². The van der Waals surface area contributed by atoms with Crippen molar-refractivity contribution in [2.24, 2.45) is 0 Å². The molecule has 0 unspecified atom stereocenters. The van der Waals surface area contributed by atoms with Crippen LogP contribution in [0, 0.1) is 0 Å². The zero-order chi connectivity index (χ0) is 43.7. The lowest BCUT2D eigenvalue weighted by molar-refractivity contribution is 0.663. The number of thiophene rings is 1. The minimum atomic E-state index is -0.276. The molecule has 1 aliphatic rings. The summed E-state index contributed by atoms with van der Waals surface area (Å²) in [5, 5.41) is 7.15. The average Bonchev–Trinajstić information content (AvgIpc) is 4.09. The Morgan fingerprint density at radius 3 is 1.61 bits per heavy atom. The van der Waals surface area contributed by atoms with Crippen LogP contribution in [-0.2, 0) is 5.41 Å². The molecule has 5 nitrogen and oxygen atoms in total. The minimum absolute atomic E-state index is 0.276. The first-order valence-corrected chi connectivity index (χ1v) is 23.3. The fourth-order valence-corrected chi connectivity index (χ4v) is 12.3. The molecule has 14 rings (SSSR count). The molecule has 0 spiro atoms. The highest BCUT2D eigenvalue weighted by molar-refractivity contribution is 7.26. The summed E-state index contributed by atoms with van der Waals surface area (Å²) in [5.41, 5.74) is 14.8. The van der Waals surface area contributed by atoms with E-state index in [0.29, 0.717) is 17.7 Å². The summed E-state index contributed by atoms with van der Waals surface area (Å²) in [6, 6.07) is 72.1. The lowest BCUT2D eigenvalue weighted by Gasteiger charge is -2.23. The Bertz CT molecular complexity index is 4130. The smallest absolute Gasteiger partial charge is 0.240 e. The van der Waals surface area contributed by atoms with Crippen LogP contribution in [0.25, 0.3) is 120 Å². The summed E-state index contributed by atoms with van der Waals surface area (Å²) < 4.78 is 7.08. The first-order valence-electron chi connectivity index (χ1n) is 22.5. The molecule has 0 saturated carbocycles. The quantitative estimate of drug-likeness (QED) is 0.173. The van der Waals surface area contributed by atoms with Crippen molar-refractivity contribution >= 4 is 75.1 Å². The van der Waals surface area contributed by atoms with Crippen LogP contribution < -0.4 is 0 Å². The van der Waals surface area contributed by atoms with Crippen molar-refractivity contribution in [3.05, 3.63) is 211 Å². The summed E-state index contributed by atoms with van der Waals surface area (Å²) in [5.74, 6) is 1.76. The summed E-state index contributed by atoms with van der Waals surface area (Å²) in [4.78, 5) is 16.7. The predicted molar refractivity (Wildman–Crippen MR) is 275 cm³/mol. The van der Waals surface area contributed by atoms with E-state index in [0.717, 1.165) is 44.0 Å². The molecular formula is C60H39N5S. The van der Waals surface area contributed by atoms with Crippen molar-refractivity contribution in [3.8, 4) is 56.7 Å². The van der Waals surface area contributed by atoms with Gasteiger partial charge in [0.15, 0.2) is 5.82 Å². The molecular weight excluding hydrogens is 823 g/mol. The Morgan fingerprint density at radius 1 is 0.379 bits per heavy atom. The molecule has 0 bridgehead atoms.